The summed E-state index contributed by atoms with van der Waals surface area (Å²) < 4.78 is 46.6. The van der Waals surface area contributed by atoms with E-state index in [9.17, 15) is 8.42 Å². The highest BCUT2D eigenvalue weighted by Gasteiger charge is 2.25. The normalized spacial score (nSPS) is 11.3. The van der Waals surface area contributed by atoms with Gasteiger partial charge in [-0.25, -0.2) is 8.42 Å². The first-order valence-electron chi connectivity index (χ1n) is 9.80. The summed E-state index contributed by atoms with van der Waals surface area (Å²) in [6.07, 6.45) is 3.54. The van der Waals surface area contributed by atoms with Crippen molar-refractivity contribution in [3.63, 3.8) is 0 Å². The van der Waals surface area contributed by atoms with E-state index in [4.69, 9.17) is 31.3 Å². The van der Waals surface area contributed by atoms with Gasteiger partial charge in [0.15, 0.2) is 11.4 Å². The van der Waals surface area contributed by atoms with Crippen molar-refractivity contribution in [2.24, 2.45) is 5.73 Å². The molecule has 2 aromatic heterocycles. The van der Waals surface area contributed by atoms with Gasteiger partial charge in [-0.05, 0) is 42.3 Å². The number of anilines is 1. The maximum Gasteiger partial charge on any atom is 0.266 e. The second kappa shape index (κ2) is 10.1. The van der Waals surface area contributed by atoms with Gasteiger partial charge in [0.05, 0.1) is 27.0 Å². The molecule has 182 valence electrons. The molecule has 0 saturated heterocycles. The zero-order valence-corrected chi connectivity index (χ0v) is 20.9. The number of nitrogens with zero attached hydrogens (tertiary/aromatic N) is 3. The van der Waals surface area contributed by atoms with Gasteiger partial charge in [0, 0.05) is 23.3 Å². The van der Waals surface area contributed by atoms with E-state index in [1.54, 1.807) is 36.0 Å². The van der Waals surface area contributed by atoms with Crippen LogP contribution in [-0.4, -0.2) is 37.6 Å². The number of sulfonamides is 1. The smallest absolute Gasteiger partial charge is 0.266 e. The Hall–Kier alpha value is -2.99. The summed E-state index contributed by atoms with van der Waals surface area (Å²) in [5.74, 6) is 0.528. The average molecular weight is 528 g/mol. The van der Waals surface area contributed by atoms with Crippen LogP contribution in [0.4, 0.5) is 5.82 Å². The Morgan fingerprint density at radius 1 is 1.15 bits per heavy atom. The van der Waals surface area contributed by atoms with E-state index in [1.165, 1.54) is 20.3 Å². The van der Waals surface area contributed by atoms with Crippen LogP contribution >= 0.6 is 24.0 Å². The van der Waals surface area contributed by atoms with E-state index in [2.05, 4.69) is 15.0 Å². The van der Waals surface area contributed by atoms with Crippen LogP contribution < -0.4 is 19.9 Å². The van der Waals surface area contributed by atoms with Crippen LogP contribution in [0.25, 0.3) is 11.0 Å². The first-order chi connectivity index (χ1) is 15.7. The first kappa shape index (κ1) is 25.6. The largest absolute Gasteiger partial charge is 0.496 e. The summed E-state index contributed by atoms with van der Waals surface area (Å²) in [5, 5.41) is 8.86. The maximum atomic E-state index is 13.1. The van der Waals surface area contributed by atoms with Gasteiger partial charge >= 0.3 is 0 Å². The number of hydrogen-bond acceptors (Lipinski definition) is 8. The minimum absolute atomic E-state index is 0. The lowest BCUT2D eigenvalue weighted by Gasteiger charge is -2.12. The Bertz CT molecular complexity index is 1440. The molecule has 0 aliphatic carbocycles. The van der Waals surface area contributed by atoms with E-state index in [0.717, 1.165) is 11.1 Å². The number of halogens is 2. The van der Waals surface area contributed by atoms with E-state index >= 15 is 0 Å². The Morgan fingerprint density at radius 3 is 2.53 bits per heavy atom. The molecule has 0 unspecified atom stereocenters. The maximum absolute atomic E-state index is 13.1. The Kier molecular flexibility index (Phi) is 7.61. The van der Waals surface area contributed by atoms with E-state index in [-0.39, 0.29) is 28.9 Å². The van der Waals surface area contributed by atoms with Crippen molar-refractivity contribution in [2.75, 3.05) is 18.9 Å². The number of nitrogens with one attached hydrogen (secondary N) is 1. The third-order valence-corrected chi connectivity index (χ3v) is 6.82. The molecule has 0 radical (unpaired) electrons. The molecule has 2 heterocycles. The van der Waals surface area contributed by atoms with Crippen molar-refractivity contribution in [1.82, 2.24) is 14.9 Å². The number of aryl methyl sites for hydroxylation is 1. The number of ether oxygens (including phenoxy) is 2. The van der Waals surface area contributed by atoms with Crippen LogP contribution in [0.3, 0.4) is 0 Å². The molecule has 0 aliphatic heterocycles. The van der Waals surface area contributed by atoms with Gasteiger partial charge in [0.25, 0.3) is 10.0 Å². The zero-order chi connectivity index (χ0) is 23.8. The monoisotopic (exact) mass is 527 g/mol. The van der Waals surface area contributed by atoms with Gasteiger partial charge in [0.2, 0.25) is 0 Å². The van der Waals surface area contributed by atoms with Crippen molar-refractivity contribution in [1.29, 1.82) is 0 Å². The second-order valence-corrected chi connectivity index (χ2v) is 9.37. The highest BCUT2D eigenvalue weighted by molar-refractivity contribution is 7.92. The van der Waals surface area contributed by atoms with E-state index in [1.807, 2.05) is 6.20 Å². The van der Waals surface area contributed by atoms with Crippen LogP contribution in [0.2, 0.25) is 5.02 Å². The molecule has 0 fully saturated rings. The quantitative estimate of drug-likeness (QED) is 0.353. The third-order valence-electron chi connectivity index (χ3n) is 5.05. The summed E-state index contributed by atoms with van der Waals surface area (Å²) in [6, 6.07) is 6.39. The molecule has 13 heteroatoms. The lowest BCUT2D eigenvalue weighted by atomic mass is 10.1. The fourth-order valence-electron chi connectivity index (χ4n) is 3.39. The van der Waals surface area contributed by atoms with Gasteiger partial charge in [0.1, 0.15) is 21.8 Å². The topological polar surface area (TPSA) is 134 Å². The Balaban J connectivity index is 0.00000324. The van der Waals surface area contributed by atoms with Gasteiger partial charge in [-0.15, -0.1) is 12.4 Å². The minimum atomic E-state index is -4.10. The molecule has 4 aromatic rings. The first-order valence-corrected chi connectivity index (χ1v) is 11.7. The second-order valence-electron chi connectivity index (χ2n) is 7.31. The molecule has 0 atom stereocenters. The summed E-state index contributed by atoms with van der Waals surface area (Å²) >= 11 is 6.15. The van der Waals surface area contributed by atoms with E-state index in [0.29, 0.717) is 40.4 Å². The minimum Gasteiger partial charge on any atom is -0.496 e. The van der Waals surface area contributed by atoms with Gasteiger partial charge < -0.3 is 19.7 Å². The molecule has 2 aromatic carbocycles. The molecular formula is C21H23Cl2N5O5S. The Morgan fingerprint density at radius 2 is 1.88 bits per heavy atom. The van der Waals surface area contributed by atoms with Gasteiger partial charge in [-0.2, -0.15) is 5.10 Å². The average Bonchev–Trinajstić information content (AvgIpc) is 3.41. The van der Waals surface area contributed by atoms with Crippen LogP contribution in [-0.2, 0) is 23.1 Å². The SMILES string of the molecule is COc1cc(C)c(Cl)cc1S(=O)(=O)Nc1noc2cc(Cn3cc(CN)cn3)cc(OC)c12.Cl. The van der Waals surface area contributed by atoms with Crippen molar-refractivity contribution in [3.05, 3.63) is 58.4 Å². The molecule has 0 aliphatic rings. The molecule has 4 rings (SSSR count). The van der Waals surface area contributed by atoms with Gasteiger partial charge in [-0.1, -0.05) is 16.8 Å². The van der Waals surface area contributed by atoms with Crippen LogP contribution in [0, 0.1) is 6.92 Å². The summed E-state index contributed by atoms with van der Waals surface area (Å²) in [5.41, 5.74) is 8.40. The number of benzene rings is 2. The lowest BCUT2D eigenvalue weighted by Crippen LogP contribution is -2.15. The van der Waals surface area contributed by atoms with E-state index < -0.39 is 10.0 Å². The molecule has 0 bridgehead atoms. The van der Waals surface area contributed by atoms with Crippen molar-refractivity contribution in [2.45, 2.75) is 24.9 Å². The lowest BCUT2D eigenvalue weighted by molar-refractivity contribution is 0.402. The number of fused-ring (bicyclic) bond motifs is 1. The van der Waals surface area contributed by atoms with Crippen molar-refractivity contribution in [3.8, 4) is 11.5 Å². The summed E-state index contributed by atoms with van der Waals surface area (Å²) in [7, 11) is -1.24. The molecule has 10 nitrogen and oxygen atoms in total. The summed E-state index contributed by atoms with van der Waals surface area (Å²) in [6.45, 7) is 2.58. The highest BCUT2D eigenvalue weighted by atomic mass is 35.5. The zero-order valence-electron chi connectivity index (χ0n) is 18.5. The molecule has 34 heavy (non-hydrogen) atoms. The fraction of sp³-hybridized carbons (Fsp3) is 0.238. The number of hydrogen-bond donors (Lipinski definition) is 2. The molecule has 0 amide bonds. The van der Waals surface area contributed by atoms with Crippen molar-refractivity contribution >= 4 is 50.8 Å². The third kappa shape index (κ3) is 4.92. The van der Waals surface area contributed by atoms with Crippen LogP contribution in [0.15, 0.2) is 46.1 Å². The number of aromatic nitrogens is 3. The Labute approximate surface area is 207 Å². The predicted molar refractivity (Wildman–Crippen MR) is 131 cm³/mol. The number of nitrogens with two attached hydrogens (primary N) is 1. The standard InChI is InChI=1S/C21H22ClN5O5S.ClH/c1-12-4-16(30-2)19(7-15(12)22)33(28,29)26-21-20-17(31-3)5-13(6-18(20)32-25-21)10-27-11-14(8-23)9-24-27;/h4-7,9,11H,8,10,23H2,1-3H3,(H,25,26);1H. The van der Waals surface area contributed by atoms with Crippen molar-refractivity contribution < 1.29 is 22.4 Å². The summed E-state index contributed by atoms with van der Waals surface area (Å²) in [4.78, 5) is -0.123. The molecule has 0 spiro atoms. The number of methoxy groups -OCH3 is 2. The van der Waals surface area contributed by atoms with Gasteiger partial charge in [-0.3, -0.25) is 9.40 Å². The number of rotatable bonds is 8. The van der Waals surface area contributed by atoms with Crippen LogP contribution in [0.5, 0.6) is 11.5 Å². The molecular weight excluding hydrogens is 505 g/mol. The fourth-order valence-corrected chi connectivity index (χ4v) is 4.80. The predicted octanol–water partition coefficient (Wildman–Crippen LogP) is 3.73. The molecule has 3 N–H and O–H groups in total. The molecule has 0 saturated carbocycles. The highest BCUT2D eigenvalue weighted by Crippen LogP contribution is 2.36. The van der Waals surface area contributed by atoms with Crippen LogP contribution in [0.1, 0.15) is 16.7 Å².